The summed E-state index contributed by atoms with van der Waals surface area (Å²) in [7, 11) is -4.22. The van der Waals surface area contributed by atoms with Gasteiger partial charge in [-0.1, -0.05) is 31.4 Å². The average Bonchev–Trinajstić information content (AvgIpc) is 3.17. The number of rotatable bonds is 7. The van der Waals surface area contributed by atoms with Gasteiger partial charge < -0.3 is 0 Å². The fourth-order valence-corrected chi connectivity index (χ4v) is 6.94. The first-order valence-electron chi connectivity index (χ1n) is 9.31. The fourth-order valence-electron chi connectivity index (χ4n) is 3.38. The van der Waals surface area contributed by atoms with Crippen LogP contribution in [0, 0.1) is 0 Å². The Morgan fingerprint density at radius 3 is 2.21 bits per heavy atom. The number of hydrogen-bond donors (Lipinski definition) is 1. The lowest BCUT2D eigenvalue weighted by Gasteiger charge is -2.22. The van der Waals surface area contributed by atoms with Gasteiger partial charge in [-0.05, 0) is 48.6 Å². The zero-order chi connectivity index (χ0) is 20.4. The summed E-state index contributed by atoms with van der Waals surface area (Å²) in [5.41, 5.74) is 1.20. The van der Waals surface area contributed by atoms with Gasteiger partial charge in [0.1, 0.15) is 4.21 Å². The minimum atomic E-state index is -3.65. The fraction of sp³-hybridized carbons (Fsp3) is 0.474. The lowest BCUT2D eigenvalue weighted by atomic mass is 9.84. The number of benzene rings is 1. The topological polar surface area (TPSA) is 83.6 Å². The monoisotopic (exact) mass is 442 g/mol. The van der Waals surface area contributed by atoms with E-state index in [1.807, 2.05) is 12.1 Å². The second-order valence-electron chi connectivity index (χ2n) is 7.24. The SMILES string of the molecule is CN(C)S(=O)(=O)c1ccc(CNS(=O)(=O)c2ccc(C3CCCCC3)cc2)s1. The van der Waals surface area contributed by atoms with Crippen LogP contribution in [-0.4, -0.2) is 35.2 Å². The summed E-state index contributed by atoms with van der Waals surface area (Å²) in [5.74, 6) is 0.529. The number of sulfonamides is 2. The van der Waals surface area contributed by atoms with E-state index in [0.29, 0.717) is 10.8 Å². The summed E-state index contributed by atoms with van der Waals surface area (Å²) >= 11 is 1.07. The van der Waals surface area contributed by atoms with Crippen LogP contribution in [0.2, 0.25) is 0 Å². The Balaban J connectivity index is 1.66. The molecule has 0 aliphatic heterocycles. The van der Waals surface area contributed by atoms with E-state index in [1.165, 1.54) is 57.8 Å². The van der Waals surface area contributed by atoms with Gasteiger partial charge in [0.2, 0.25) is 10.0 Å². The van der Waals surface area contributed by atoms with E-state index >= 15 is 0 Å². The first-order chi connectivity index (χ1) is 13.2. The van der Waals surface area contributed by atoms with Crippen molar-refractivity contribution in [3.8, 4) is 0 Å². The molecule has 1 fully saturated rings. The Bertz CT molecular complexity index is 1000. The molecule has 0 bridgehead atoms. The minimum Gasteiger partial charge on any atom is -0.207 e. The molecule has 3 rings (SSSR count). The molecule has 1 aromatic heterocycles. The van der Waals surface area contributed by atoms with Crippen LogP contribution < -0.4 is 4.72 Å². The molecule has 0 radical (unpaired) electrons. The van der Waals surface area contributed by atoms with Crippen molar-refractivity contribution in [2.45, 2.75) is 53.7 Å². The summed E-state index contributed by atoms with van der Waals surface area (Å²) in [4.78, 5) is 0.868. The third-order valence-electron chi connectivity index (χ3n) is 5.08. The van der Waals surface area contributed by atoms with Gasteiger partial charge in [0.25, 0.3) is 10.0 Å². The van der Waals surface area contributed by atoms with E-state index in [1.54, 1.807) is 18.2 Å². The Morgan fingerprint density at radius 2 is 1.61 bits per heavy atom. The quantitative estimate of drug-likeness (QED) is 0.711. The standard InChI is InChI=1S/C19H26N2O4S3/c1-21(2)28(24,25)19-13-10-17(26-19)14-20-27(22,23)18-11-8-16(9-12-18)15-6-4-3-5-7-15/h8-13,15,20H,3-7,14H2,1-2H3. The maximum Gasteiger partial charge on any atom is 0.252 e. The predicted molar refractivity (Wildman–Crippen MR) is 111 cm³/mol. The number of thiophene rings is 1. The molecule has 6 nitrogen and oxygen atoms in total. The summed E-state index contributed by atoms with van der Waals surface area (Å²) in [6.07, 6.45) is 6.09. The minimum absolute atomic E-state index is 0.0559. The summed E-state index contributed by atoms with van der Waals surface area (Å²) in [6.45, 7) is 0.0559. The van der Waals surface area contributed by atoms with Gasteiger partial charge in [-0.2, -0.15) is 0 Å². The van der Waals surface area contributed by atoms with Gasteiger partial charge in [0.15, 0.2) is 0 Å². The average molecular weight is 443 g/mol. The van der Waals surface area contributed by atoms with Gasteiger partial charge in [-0.15, -0.1) is 11.3 Å². The molecule has 0 amide bonds. The molecule has 0 saturated heterocycles. The van der Waals surface area contributed by atoms with E-state index in [4.69, 9.17) is 0 Å². The van der Waals surface area contributed by atoms with Crippen molar-refractivity contribution < 1.29 is 16.8 Å². The van der Waals surface area contributed by atoms with Crippen molar-refractivity contribution in [3.05, 3.63) is 46.8 Å². The van der Waals surface area contributed by atoms with E-state index in [0.717, 1.165) is 15.6 Å². The highest BCUT2D eigenvalue weighted by Crippen LogP contribution is 2.33. The van der Waals surface area contributed by atoms with E-state index < -0.39 is 20.0 Å². The summed E-state index contributed by atoms with van der Waals surface area (Å²) in [5, 5.41) is 0. The zero-order valence-electron chi connectivity index (χ0n) is 16.1. The highest BCUT2D eigenvalue weighted by atomic mass is 32.2. The van der Waals surface area contributed by atoms with Crippen LogP contribution >= 0.6 is 11.3 Å². The number of hydrogen-bond acceptors (Lipinski definition) is 5. The van der Waals surface area contributed by atoms with Crippen molar-refractivity contribution in [1.82, 2.24) is 9.03 Å². The summed E-state index contributed by atoms with van der Waals surface area (Å²) in [6, 6.07) is 10.3. The van der Waals surface area contributed by atoms with E-state index in [-0.39, 0.29) is 15.6 Å². The maximum absolute atomic E-state index is 12.6. The van der Waals surface area contributed by atoms with Crippen molar-refractivity contribution in [2.75, 3.05) is 14.1 Å². The Hall–Kier alpha value is -1.26. The van der Waals surface area contributed by atoms with Crippen LogP contribution in [0.3, 0.4) is 0 Å². The van der Waals surface area contributed by atoms with Crippen molar-refractivity contribution in [2.24, 2.45) is 0 Å². The van der Waals surface area contributed by atoms with Gasteiger partial charge in [0.05, 0.1) is 4.90 Å². The molecule has 1 saturated carbocycles. The molecule has 154 valence electrons. The first-order valence-corrected chi connectivity index (χ1v) is 13.0. The zero-order valence-corrected chi connectivity index (χ0v) is 18.5. The van der Waals surface area contributed by atoms with Crippen LogP contribution in [0.15, 0.2) is 45.5 Å². The third kappa shape index (κ3) is 4.83. The molecule has 2 aromatic rings. The normalized spacial score (nSPS) is 16.5. The van der Waals surface area contributed by atoms with Crippen LogP contribution in [0.5, 0.6) is 0 Å². The Kier molecular flexibility index (Phi) is 6.61. The lowest BCUT2D eigenvalue weighted by Crippen LogP contribution is -2.23. The van der Waals surface area contributed by atoms with Gasteiger partial charge in [-0.25, -0.2) is 25.9 Å². The Labute approximate surface area is 171 Å². The molecule has 9 heteroatoms. The largest absolute Gasteiger partial charge is 0.252 e. The highest BCUT2D eigenvalue weighted by molar-refractivity contribution is 7.91. The molecule has 1 heterocycles. The van der Waals surface area contributed by atoms with Crippen LogP contribution in [-0.2, 0) is 26.6 Å². The Morgan fingerprint density at radius 1 is 0.964 bits per heavy atom. The van der Waals surface area contributed by atoms with Gasteiger partial charge in [0, 0.05) is 25.5 Å². The lowest BCUT2D eigenvalue weighted by molar-refractivity contribution is 0.443. The predicted octanol–water partition coefficient (Wildman–Crippen LogP) is 3.52. The smallest absolute Gasteiger partial charge is 0.207 e. The number of nitrogens with zero attached hydrogens (tertiary/aromatic N) is 1. The molecule has 0 spiro atoms. The molecule has 1 aromatic carbocycles. The molecule has 1 aliphatic carbocycles. The van der Waals surface area contributed by atoms with Crippen LogP contribution in [0.25, 0.3) is 0 Å². The van der Waals surface area contributed by atoms with Crippen LogP contribution in [0.1, 0.15) is 48.5 Å². The van der Waals surface area contributed by atoms with Crippen molar-refractivity contribution in [1.29, 1.82) is 0 Å². The molecular formula is C19H26N2O4S3. The van der Waals surface area contributed by atoms with Crippen molar-refractivity contribution in [3.63, 3.8) is 0 Å². The maximum atomic E-state index is 12.6. The molecular weight excluding hydrogens is 416 g/mol. The molecule has 1 N–H and O–H groups in total. The van der Waals surface area contributed by atoms with Gasteiger partial charge in [-0.3, -0.25) is 0 Å². The molecule has 0 unspecified atom stereocenters. The van der Waals surface area contributed by atoms with Gasteiger partial charge >= 0.3 is 0 Å². The first kappa shape index (κ1) is 21.4. The second kappa shape index (κ2) is 8.62. The van der Waals surface area contributed by atoms with E-state index in [2.05, 4.69) is 4.72 Å². The molecule has 1 aliphatic rings. The second-order valence-corrected chi connectivity index (χ2v) is 12.6. The van der Waals surface area contributed by atoms with Crippen molar-refractivity contribution >= 4 is 31.4 Å². The summed E-state index contributed by atoms with van der Waals surface area (Å²) < 4.78 is 53.3. The molecule has 28 heavy (non-hydrogen) atoms. The molecule has 0 atom stereocenters. The third-order valence-corrected chi connectivity index (χ3v) is 9.86. The van der Waals surface area contributed by atoms with E-state index in [9.17, 15) is 16.8 Å². The number of nitrogens with one attached hydrogen (secondary N) is 1. The highest BCUT2D eigenvalue weighted by Gasteiger charge is 2.21. The van der Waals surface area contributed by atoms with Crippen LogP contribution in [0.4, 0.5) is 0 Å².